The van der Waals surface area contributed by atoms with Gasteiger partial charge in [0.05, 0.1) is 5.56 Å². The molecule has 7 nitrogen and oxygen atoms in total. The highest BCUT2D eigenvalue weighted by atomic mass is 79.9. The van der Waals surface area contributed by atoms with Crippen LogP contribution >= 0.6 is 15.9 Å². The molecule has 0 saturated carbocycles. The molecule has 0 aliphatic carbocycles. The lowest BCUT2D eigenvalue weighted by Gasteiger charge is -2.19. The lowest BCUT2D eigenvalue weighted by Crippen LogP contribution is -2.27. The highest BCUT2D eigenvalue weighted by molar-refractivity contribution is 9.10. The van der Waals surface area contributed by atoms with Gasteiger partial charge in [-0.05, 0) is 47.9 Å². The first-order valence-electron chi connectivity index (χ1n) is 7.17. The second kappa shape index (κ2) is 6.53. The minimum absolute atomic E-state index is 0.249. The van der Waals surface area contributed by atoms with Crippen molar-refractivity contribution in [2.75, 3.05) is 18.4 Å². The molecule has 0 bridgehead atoms. The van der Waals surface area contributed by atoms with Gasteiger partial charge in [-0.2, -0.15) is 10.1 Å². The number of aryl methyl sites for hydroxylation is 1. The standard InChI is InChI=1S/C14H17BrN6O/c1-21-14(18-12(20-21)9-2-4-16-5-3-9)19-13(22)10-6-11(15)8-17-7-10/h6-9,16H,2-5H2,1H3,(H,18,19,20,22). The summed E-state index contributed by atoms with van der Waals surface area (Å²) in [5, 5.41) is 10.5. The van der Waals surface area contributed by atoms with Crippen LogP contribution in [0.4, 0.5) is 5.95 Å². The fraction of sp³-hybridized carbons (Fsp3) is 0.429. The van der Waals surface area contributed by atoms with E-state index < -0.39 is 0 Å². The SMILES string of the molecule is Cn1nc(C2CCNCC2)nc1NC(=O)c1cncc(Br)c1. The molecule has 2 aromatic heterocycles. The summed E-state index contributed by atoms with van der Waals surface area (Å²) < 4.78 is 2.37. The number of piperidine rings is 1. The van der Waals surface area contributed by atoms with E-state index in [0.29, 0.717) is 17.4 Å². The van der Waals surface area contributed by atoms with Gasteiger partial charge in [0.25, 0.3) is 5.91 Å². The molecule has 2 N–H and O–H groups in total. The molecule has 22 heavy (non-hydrogen) atoms. The summed E-state index contributed by atoms with van der Waals surface area (Å²) in [5.41, 5.74) is 0.473. The van der Waals surface area contributed by atoms with Crippen molar-refractivity contribution >= 4 is 27.8 Å². The second-order valence-corrected chi connectivity index (χ2v) is 6.20. The summed E-state index contributed by atoms with van der Waals surface area (Å²) in [7, 11) is 1.78. The smallest absolute Gasteiger partial charge is 0.259 e. The van der Waals surface area contributed by atoms with Crippen LogP contribution < -0.4 is 10.6 Å². The van der Waals surface area contributed by atoms with Gasteiger partial charge in [0, 0.05) is 29.8 Å². The third kappa shape index (κ3) is 3.33. The van der Waals surface area contributed by atoms with Crippen LogP contribution in [0.15, 0.2) is 22.9 Å². The molecule has 1 aliphatic heterocycles. The Morgan fingerprint density at radius 2 is 2.18 bits per heavy atom. The number of carbonyl (C=O) groups excluding carboxylic acids is 1. The van der Waals surface area contributed by atoms with Crippen LogP contribution in [0.5, 0.6) is 0 Å². The van der Waals surface area contributed by atoms with Crippen LogP contribution in [0, 0.1) is 0 Å². The molecule has 116 valence electrons. The highest BCUT2D eigenvalue weighted by Gasteiger charge is 2.21. The van der Waals surface area contributed by atoms with Gasteiger partial charge in [-0.25, -0.2) is 4.68 Å². The van der Waals surface area contributed by atoms with E-state index in [2.05, 4.69) is 41.6 Å². The summed E-state index contributed by atoms with van der Waals surface area (Å²) >= 11 is 3.30. The monoisotopic (exact) mass is 364 g/mol. The van der Waals surface area contributed by atoms with Gasteiger partial charge in [-0.15, -0.1) is 0 Å². The van der Waals surface area contributed by atoms with Crippen LogP contribution in [0.3, 0.4) is 0 Å². The fourth-order valence-corrected chi connectivity index (χ4v) is 2.84. The molecule has 3 rings (SSSR count). The van der Waals surface area contributed by atoms with Crippen molar-refractivity contribution in [3.63, 3.8) is 0 Å². The van der Waals surface area contributed by atoms with Gasteiger partial charge in [0.1, 0.15) is 0 Å². The van der Waals surface area contributed by atoms with Crippen molar-refractivity contribution in [1.29, 1.82) is 0 Å². The van der Waals surface area contributed by atoms with Crippen molar-refractivity contribution in [1.82, 2.24) is 25.1 Å². The van der Waals surface area contributed by atoms with E-state index in [9.17, 15) is 4.79 Å². The second-order valence-electron chi connectivity index (χ2n) is 5.29. The maximum Gasteiger partial charge on any atom is 0.259 e. The normalized spacial score (nSPS) is 15.7. The van der Waals surface area contributed by atoms with Crippen LogP contribution in [0.2, 0.25) is 0 Å². The summed E-state index contributed by atoms with van der Waals surface area (Å²) in [5.74, 6) is 1.36. The number of amides is 1. The van der Waals surface area contributed by atoms with Gasteiger partial charge in [-0.3, -0.25) is 15.1 Å². The Kier molecular flexibility index (Phi) is 4.49. The Morgan fingerprint density at radius 1 is 1.41 bits per heavy atom. The van der Waals surface area contributed by atoms with Crippen molar-refractivity contribution in [2.45, 2.75) is 18.8 Å². The summed E-state index contributed by atoms with van der Waals surface area (Å²) in [6.45, 7) is 1.96. The average molecular weight is 365 g/mol. The number of hydrogen-bond donors (Lipinski definition) is 2. The zero-order valence-corrected chi connectivity index (χ0v) is 13.8. The molecule has 1 amide bonds. The van der Waals surface area contributed by atoms with Gasteiger partial charge in [-0.1, -0.05) is 0 Å². The molecule has 1 saturated heterocycles. The van der Waals surface area contributed by atoms with E-state index in [4.69, 9.17) is 0 Å². The van der Waals surface area contributed by atoms with Crippen molar-refractivity contribution in [3.05, 3.63) is 34.3 Å². The van der Waals surface area contributed by atoms with Gasteiger partial charge >= 0.3 is 0 Å². The minimum atomic E-state index is -0.249. The van der Waals surface area contributed by atoms with E-state index in [1.807, 2.05) is 0 Å². The number of nitrogens with zero attached hydrogens (tertiary/aromatic N) is 4. The van der Waals surface area contributed by atoms with E-state index in [0.717, 1.165) is 36.2 Å². The number of pyridine rings is 1. The lowest BCUT2D eigenvalue weighted by molar-refractivity contribution is 0.102. The summed E-state index contributed by atoms with van der Waals surface area (Å²) in [4.78, 5) is 20.7. The highest BCUT2D eigenvalue weighted by Crippen LogP contribution is 2.23. The van der Waals surface area contributed by atoms with Crippen LogP contribution in [0.25, 0.3) is 0 Å². The lowest BCUT2D eigenvalue weighted by atomic mass is 9.98. The van der Waals surface area contributed by atoms with Crippen LogP contribution in [0.1, 0.15) is 34.9 Å². The first kappa shape index (κ1) is 15.1. The van der Waals surface area contributed by atoms with Gasteiger partial charge in [0.15, 0.2) is 5.82 Å². The molecule has 0 spiro atoms. The first-order valence-corrected chi connectivity index (χ1v) is 7.96. The third-order valence-corrected chi connectivity index (χ3v) is 4.11. The first-order chi connectivity index (χ1) is 10.6. The van der Waals surface area contributed by atoms with E-state index >= 15 is 0 Å². The number of nitrogens with one attached hydrogen (secondary N) is 2. The van der Waals surface area contributed by atoms with Crippen molar-refractivity contribution in [2.24, 2.45) is 7.05 Å². The predicted octanol–water partition coefficient (Wildman–Crippen LogP) is 1.69. The molecule has 8 heteroatoms. The number of anilines is 1. The number of hydrogen-bond acceptors (Lipinski definition) is 5. The van der Waals surface area contributed by atoms with E-state index in [1.54, 1.807) is 24.0 Å². The molecule has 0 radical (unpaired) electrons. The Bertz CT molecular complexity index is 680. The Labute approximate surface area is 136 Å². The van der Waals surface area contributed by atoms with Gasteiger partial charge < -0.3 is 5.32 Å². The van der Waals surface area contributed by atoms with E-state index in [-0.39, 0.29) is 5.91 Å². The molecular formula is C14H17BrN6O. The molecule has 1 fully saturated rings. The molecule has 0 atom stereocenters. The molecule has 3 heterocycles. The number of halogens is 1. The number of aromatic nitrogens is 4. The Morgan fingerprint density at radius 3 is 2.91 bits per heavy atom. The quantitative estimate of drug-likeness (QED) is 0.865. The summed E-state index contributed by atoms with van der Waals surface area (Å²) in [6, 6.07) is 1.71. The maximum absolute atomic E-state index is 12.2. The molecule has 0 aromatic carbocycles. The zero-order chi connectivity index (χ0) is 15.5. The molecule has 1 aliphatic rings. The molecule has 2 aromatic rings. The Hall–Kier alpha value is -1.80. The minimum Gasteiger partial charge on any atom is -0.317 e. The largest absolute Gasteiger partial charge is 0.317 e. The molecular weight excluding hydrogens is 348 g/mol. The van der Waals surface area contributed by atoms with Crippen molar-refractivity contribution < 1.29 is 4.79 Å². The molecule has 0 unspecified atom stereocenters. The topological polar surface area (TPSA) is 84.7 Å². The average Bonchev–Trinajstić information content (AvgIpc) is 2.89. The van der Waals surface area contributed by atoms with E-state index in [1.165, 1.54) is 6.20 Å². The predicted molar refractivity (Wildman–Crippen MR) is 85.7 cm³/mol. The summed E-state index contributed by atoms with van der Waals surface area (Å²) in [6.07, 6.45) is 5.19. The third-order valence-electron chi connectivity index (χ3n) is 3.68. The van der Waals surface area contributed by atoms with Gasteiger partial charge in [0.2, 0.25) is 5.95 Å². The maximum atomic E-state index is 12.2. The fourth-order valence-electron chi connectivity index (χ4n) is 2.48. The van der Waals surface area contributed by atoms with Crippen molar-refractivity contribution in [3.8, 4) is 0 Å². The Balaban J connectivity index is 1.75. The van der Waals surface area contributed by atoms with Crippen LogP contribution in [-0.2, 0) is 7.05 Å². The van der Waals surface area contributed by atoms with Crippen LogP contribution in [-0.4, -0.2) is 38.7 Å². The zero-order valence-electron chi connectivity index (χ0n) is 12.2. The number of carbonyl (C=O) groups is 1. The number of rotatable bonds is 3.